The minimum Gasteiger partial charge on any atom is -0.508 e. The van der Waals surface area contributed by atoms with Crippen LogP contribution in [0, 0.1) is 0 Å². The van der Waals surface area contributed by atoms with Crippen molar-refractivity contribution in [2.24, 2.45) is 0 Å². The number of hydrogen-bond acceptors (Lipinski definition) is 4. The number of rotatable bonds is 3. The van der Waals surface area contributed by atoms with Crippen molar-refractivity contribution in [1.29, 1.82) is 0 Å². The quantitative estimate of drug-likeness (QED) is 0.849. The van der Waals surface area contributed by atoms with Crippen LogP contribution >= 0.6 is 0 Å². The van der Waals surface area contributed by atoms with E-state index in [1.165, 1.54) is 0 Å². The Kier molecular flexibility index (Phi) is 3.23. The van der Waals surface area contributed by atoms with Gasteiger partial charge < -0.3 is 10.4 Å². The number of anilines is 1. The smallest absolute Gasteiger partial charge is 0.152 e. The van der Waals surface area contributed by atoms with Gasteiger partial charge in [-0.3, -0.25) is 4.98 Å². The molecule has 1 aromatic carbocycles. The molecular formula is C13H15N3O. The summed E-state index contributed by atoms with van der Waals surface area (Å²) < 4.78 is 0. The molecule has 1 aromatic heterocycles. The van der Waals surface area contributed by atoms with Gasteiger partial charge in [0.1, 0.15) is 11.4 Å². The van der Waals surface area contributed by atoms with Gasteiger partial charge in [-0.1, -0.05) is 12.1 Å². The van der Waals surface area contributed by atoms with E-state index in [-0.39, 0.29) is 11.8 Å². The molecular weight excluding hydrogens is 214 g/mol. The summed E-state index contributed by atoms with van der Waals surface area (Å²) in [5, 5.41) is 12.7. The fourth-order valence-corrected chi connectivity index (χ4v) is 1.58. The van der Waals surface area contributed by atoms with Crippen LogP contribution in [0.2, 0.25) is 0 Å². The number of phenolic OH excluding ortho intramolecular Hbond substituents is 1. The van der Waals surface area contributed by atoms with E-state index in [1.807, 2.05) is 19.9 Å². The van der Waals surface area contributed by atoms with Crippen LogP contribution in [-0.4, -0.2) is 21.1 Å². The Bertz CT molecular complexity index is 512. The normalized spacial score (nSPS) is 10.5. The molecule has 0 aliphatic heterocycles. The molecule has 0 aliphatic rings. The second-order valence-corrected chi connectivity index (χ2v) is 4.10. The molecule has 0 amide bonds. The highest BCUT2D eigenvalue weighted by Gasteiger charge is 2.08. The molecule has 4 heteroatoms. The summed E-state index contributed by atoms with van der Waals surface area (Å²) in [5.74, 6) is 0.955. The van der Waals surface area contributed by atoms with E-state index in [9.17, 15) is 5.11 Å². The lowest BCUT2D eigenvalue weighted by Gasteiger charge is -2.12. The van der Waals surface area contributed by atoms with E-state index in [0.717, 1.165) is 17.1 Å². The monoisotopic (exact) mass is 229 g/mol. The molecule has 0 bridgehead atoms. The van der Waals surface area contributed by atoms with E-state index in [0.29, 0.717) is 0 Å². The predicted molar refractivity (Wildman–Crippen MR) is 67.9 cm³/mol. The van der Waals surface area contributed by atoms with E-state index >= 15 is 0 Å². The van der Waals surface area contributed by atoms with Gasteiger partial charge in [0.2, 0.25) is 0 Å². The summed E-state index contributed by atoms with van der Waals surface area (Å²) in [5.41, 5.74) is 1.60. The molecule has 0 radical (unpaired) electrons. The zero-order valence-electron chi connectivity index (χ0n) is 9.88. The van der Waals surface area contributed by atoms with Crippen LogP contribution < -0.4 is 5.32 Å². The third-order valence-electron chi connectivity index (χ3n) is 2.24. The first-order valence-electron chi connectivity index (χ1n) is 5.54. The lowest BCUT2D eigenvalue weighted by Crippen LogP contribution is -2.12. The SMILES string of the molecule is CC(C)Nc1nccnc1-c1cccc(O)c1. The highest BCUT2D eigenvalue weighted by atomic mass is 16.3. The Hall–Kier alpha value is -2.10. The Morgan fingerprint density at radius 2 is 1.94 bits per heavy atom. The summed E-state index contributed by atoms with van der Waals surface area (Å²) in [6, 6.07) is 7.28. The van der Waals surface area contributed by atoms with Crippen molar-refractivity contribution in [2.45, 2.75) is 19.9 Å². The number of hydrogen-bond donors (Lipinski definition) is 2. The molecule has 1 heterocycles. The van der Waals surface area contributed by atoms with Crippen molar-refractivity contribution >= 4 is 5.82 Å². The number of aromatic nitrogens is 2. The van der Waals surface area contributed by atoms with Crippen LogP contribution in [0.1, 0.15) is 13.8 Å². The minimum atomic E-state index is 0.226. The van der Waals surface area contributed by atoms with Gasteiger partial charge in [0.05, 0.1) is 0 Å². The third-order valence-corrected chi connectivity index (χ3v) is 2.24. The Balaban J connectivity index is 2.44. The molecule has 0 unspecified atom stereocenters. The first kappa shape index (κ1) is 11.4. The molecule has 2 aromatic rings. The number of benzene rings is 1. The molecule has 0 fully saturated rings. The van der Waals surface area contributed by atoms with Crippen LogP contribution in [0.5, 0.6) is 5.75 Å². The van der Waals surface area contributed by atoms with Crippen LogP contribution in [0.15, 0.2) is 36.7 Å². The average Bonchev–Trinajstić information content (AvgIpc) is 2.29. The van der Waals surface area contributed by atoms with Gasteiger partial charge in [0, 0.05) is 24.0 Å². The maximum absolute atomic E-state index is 9.48. The van der Waals surface area contributed by atoms with Crippen molar-refractivity contribution < 1.29 is 5.11 Å². The summed E-state index contributed by atoms with van der Waals surface area (Å²) in [6.45, 7) is 4.09. The van der Waals surface area contributed by atoms with E-state index in [1.54, 1.807) is 30.6 Å². The van der Waals surface area contributed by atoms with Crippen LogP contribution in [-0.2, 0) is 0 Å². The van der Waals surface area contributed by atoms with Gasteiger partial charge in [-0.2, -0.15) is 0 Å². The molecule has 0 spiro atoms. The van der Waals surface area contributed by atoms with Crippen molar-refractivity contribution in [2.75, 3.05) is 5.32 Å². The molecule has 88 valence electrons. The van der Waals surface area contributed by atoms with Crippen molar-refractivity contribution in [3.05, 3.63) is 36.7 Å². The first-order chi connectivity index (χ1) is 8.16. The zero-order chi connectivity index (χ0) is 12.3. The van der Waals surface area contributed by atoms with Gasteiger partial charge in [0.25, 0.3) is 0 Å². The number of nitrogens with one attached hydrogen (secondary N) is 1. The largest absolute Gasteiger partial charge is 0.508 e. The molecule has 2 rings (SSSR count). The fraction of sp³-hybridized carbons (Fsp3) is 0.231. The highest BCUT2D eigenvalue weighted by Crippen LogP contribution is 2.26. The first-order valence-corrected chi connectivity index (χ1v) is 5.54. The molecule has 0 atom stereocenters. The van der Waals surface area contributed by atoms with Gasteiger partial charge >= 0.3 is 0 Å². The zero-order valence-corrected chi connectivity index (χ0v) is 9.88. The molecule has 0 saturated heterocycles. The number of aromatic hydroxyl groups is 1. The third kappa shape index (κ3) is 2.72. The maximum Gasteiger partial charge on any atom is 0.152 e. The van der Waals surface area contributed by atoms with Gasteiger partial charge in [-0.05, 0) is 26.0 Å². The molecule has 17 heavy (non-hydrogen) atoms. The Labute approximate surface area is 100 Å². The van der Waals surface area contributed by atoms with Crippen LogP contribution in [0.25, 0.3) is 11.3 Å². The number of phenols is 1. The summed E-state index contributed by atoms with van der Waals surface area (Å²) in [6.07, 6.45) is 3.29. The average molecular weight is 229 g/mol. The molecule has 0 saturated carbocycles. The van der Waals surface area contributed by atoms with Crippen LogP contribution in [0.3, 0.4) is 0 Å². The lowest BCUT2D eigenvalue weighted by molar-refractivity contribution is 0.475. The summed E-state index contributed by atoms with van der Waals surface area (Å²) >= 11 is 0. The number of nitrogens with zero attached hydrogens (tertiary/aromatic N) is 2. The molecule has 2 N–H and O–H groups in total. The van der Waals surface area contributed by atoms with E-state index < -0.39 is 0 Å². The van der Waals surface area contributed by atoms with Crippen LogP contribution in [0.4, 0.5) is 5.82 Å². The minimum absolute atomic E-state index is 0.226. The van der Waals surface area contributed by atoms with E-state index in [4.69, 9.17) is 0 Å². The highest BCUT2D eigenvalue weighted by molar-refractivity contribution is 5.72. The lowest BCUT2D eigenvalue weighted by atomic mass is 10.1. The Morgan fingerprint density at radius 3 is 2.65 bits per heavy atom. The standard InChI is InChI=1S/C13H15N3O/c1-9(2)16-13-12(14-6-7-15-13)10-4-3-5-11(17)8-10/h3-9,17H,1-2H3,(H,15,16). The second kappa shape index (κ2) is 4.82. The van der Waals surface area contributed by atoms with Crippen molar-refractivity contribution in [3.63, 3.8) is 0 Å². The second-order valence-electron chi connectivity index (χ2n) is 4.10. The van der Waals surface area contributed by atoms with Gasteiger partial charge in [-0.25, -0.2) is 4.98 Å². The molecule has 4 nitrogen and oxygen atoms in total. The van der Waals surface area contributed by atoms with Crippen molar-refractivity contribution in [1.82, 2.24) is 9.97 Å². The topological polar surface area (TPSA) is 58.0 Å². The fourth-order valence-electron chi connectivity index (χ4n) is 1.58. The van der Waals surface area contributed by atoms with Gasteiger partial charge in [0.15, 0.2) is 5.82 Å². The predicted octanol–water partition coefficient (Wildman–Crippen LogP) is 2.67. The van der Waals surface area contributed by atoms with Crippen molar-refractivity contribution in [3.8, 4) is 17.0 Å². The molecule has 0 aliphatic carbocycles. The van der Waals surface area contributed by atoms with E-state index in [2.05, 4.69) is 15.3 Å². The maximum atomic E-state index is 9.48. The summed E-state index contributed by atoms with van der Waals surface area (Å²) in [4.78, 5) is 8.58. The van der Waals surface area contributed by atoms with Gasteiger partial charge in [-0.15, -0.1) is 0 Å². The Morgan fingerprint density at radius 1 is 1.18 bits per heavy atom. The summed E-state index contributed by atoms with van der Waals surface area (Å²) in [7, 11) is 0.